The Morgan fingerprint density at radius 1 is 1.56 bits per heavy atom. The Balaban J connectivity index is 0.000000331. The molecule has 4 heteroatoms. The average Bonchev–Trinajstić information content (AvgIpc) is 2.33. The number of aliphatic carboxylic acids is 1. The first kappa shape index (κ1) is 16.7. The molecule has 104 valence electrons. The molecule has 0 radical (unpaired) electrons. The van der Waals surface area contributed by atoms with E-state index in [9.17, 15) is 4.79 Å². The first-order valence-corrected chi connectivity index (χ1v) is 6.10. The summed E-state index contributed by atoms with van der Waals surface area (Å²) in [6.45, 7) is 7.37. The van der Waals surface area contributed by atoms with Crippen LogP contribution in [0.4, 0.5) is 0 Å². The predicted octanol–water partition coefficient (Wildman–Crippen LogP) is 2.87. The summed E-state index contributed by atoms with van der Waals surface area (Å²) in [5, 5.41) is 8.44. The van der Waals surface area contributed by atoms with Crippen LogP contribution in [0.5, 0.6) is 0 Å². The molecule has 4 nitrogen and oxygen atoms in total. The van der Waals surface area contributed by atoms with Crippen LogP contribution in [0.2, 0.25) is 0 Å². The number of hydrogen-bond donors (Lipinski definition) is 1. The van der Waals surface area contributed by atoms with Gasteiger partial charge in [0.1, 0.15) is 6.23 Å². The summed E-state index contributed by atoms with van der Waals surface area (Å²) < 4.78 is 5.17. The van der Waals surface area contributed by atoms with Crippen molar-refractivity contribution in [3.8, 4) is 0 Å². The van der Waals surface area contributed by atoms with Gasteiger partial charge in [-0.3, -0.25) is 4.79 Å². The highest BCUT2D eigenvalue weighted by Gasteiger charge is 2.23. The number of nitrogens with zero attached hydrogens (tertiary/aromatic N) is 1. The minimum atomic E-state index is -0.722. The Morgan fingerprint density at radius 2 is 2.11 bits per heavy atom. The Bertz CT molecular complexity index is 332. The summed E-state index contributed by atoms with van der Waals surface area (Å²) in [5.74, 6) is -0.722. The Morgan fingerprint density at radius 3 is 2.39 bits per heavy atom. The molecule has 1 aliphatic heterocycles. The van der Waals surface area contributed by atoms with Crippen molar-refractivity contribution in [1.29, 1.82) is 0 Å². The monoisotopic (exact) mass is 255 g/mol. The van der Waals surface area contributed by atoms with Crippen LogP contribution in [-0.4, -0.2) is 36.4 Å². The van der Waals surface area contributed by atoms with Gasteiger partial charge in [-0.05, 0) is 39.3 Å². The van der Waals surface area contributed by atoms with Crippen LogP contribution in [0.1, 0.15) is 34.1 Å². The first-order valence-electron chi connectivity index (χ1n) is 6.10. The zero-order valence-corrected chi connectivity index (χ0v) is 12.2. The highest BCUT2D eigenvalue weighted by molar-refractivity contribution is 5.73. The third kappa shape index (κ3) is 4.92. The standard InChI is InChI=1S/C8H13NO.C6H12O2/c1-7-5-4-6-8(10-3)9(7)2;1-4-6(2,3)5(7)8/h4-6,8H,1-3H3;4H2,1-3H3,(H,7,8). The lowest BCUT2D eigenvalue weighted by molar-refractivity contribution is -0.147. The van der Waals surface area contributed by atoms with Crippen LogP contribution in [0.3, 0.4) is 0 Å². The number of methoxy groups -OCH3 is 1. The molecule has 0 saturated heterocycles. The van der Waals surface area contributed by atoms with Gasteiger partial charge in [-0.2, -0.15) is 0 Å². The second kappa shape index (κ2) is 7.21. The van der Waals surface area contributed by atoms with Crippen molar-refractivity contribution in [2.75, 3.05) is 14.2 Å². The van der Waals surface area contributed by atoms with E-state index in [1.807, 2.05) is 26.1 Å². The molecule has 0 saturated carbocycles. The molecule has 0 aromatic heterocycles. The maximum absolute atomic E-state index is 10.3. The van der Waals surface area contributed by atoms with Crippen LogP contribution in [0.25, 0.3) is 0 Å². The SMILES string of the molecule is CCC(C)(C)C(=O)O.COC1C=CC=C(C)N1C. The second-order valence-electron chi connectivity index (χ2n) is 4.97. The van der Waals surface area contributed by atoms with E-state index in [4.69, 9.17) is 9.84 Å². The van der Waals surface area contributed by atoms with Crippen LogP contribution in [0.15, 0.2) is 23.9 Å². The summed E-state index contributed by atoms with van der Waals surface area (Å²) in [7, 11) is 3.73. The maximum Gasteiger partial charge on any atom is 0.309 e. The van der Waals surface area contributed by atoms with Gasteiger partial charge in [0.25, 0.3) is 0 Å². The van der Waals surface area contributed by atoms with Gasteiger partial charge in [-0.25, -0.2) is 0 Å². The van der Waals surface area contributed by atoms with Gasteiger partial charge in [0.05, 0.1) is 5.41 Å². The molecule has 0 aromatic carbocycles. The molecule has 1 unspecified atom stereocenters. The van der Waals surface area contributed by atoms with E-state index in [0.29, 0.717) is 6.42 Å². The molecule has 0 fully saturated rings. The van der Waals surface area contributed by atoms with Gasteiger partial charge in [0.2, 0.25) is 0 Å². The topological polar surface area (TPSA) is 49.8 Å². The van der Waals surface area contributed by atoms with E-state index in [2.05, 4.69) is 17.9 Å². The molecule has 1 atom stereocenters. The zero-order valence-electron chi connectivity index (χ0n) is 12.2. The number of hydrogen-bond acceptors (Lipinski definition) is 3. The summed E-state index contributed by atoms with van der Waals surface area (Å²) in [5.41, 5.74) is 0.689. The lowest BCUT2D eigenvalue weighted by Crippen LogP contribution is -2.31. The number of likely N-dealkylation sites (N-methyl/N-ethyl adjacent to an activating group) is 1. The van der Waals surface area contributed by atoms with Gasteiger partial charge in [-0.15, -0.1) is 0 Å². The van der Waals surface area contributed by atoms with E-state index in [-0.39, 0.29) is 6.23 Å². The smallest absolute Gasteiger partial charge is 0.309 e. The number of allylic oxidation sites excluding steroid dienone is 3. The van der Waals surface area contributed by atoms with Crippen molar-refractivity contribution in [3.63, 3.8) is 0 Å². The molecular weight excluding hydrogens is 230 g/mol. The Hall–Kier alpha value is -1.29. The average molecular weight is 255 g/mol. The summed E-state index contributed by atoms with van der Waals surface area (Å²) >= 11 is 0. The molecule has 0 aromatic rings. The number of carbonyl (C=O) groups is 1. The molecule has 0 bridgehead atoms. The molecule has 1 heterocycles. The summed E-state index contributed by atoms with van der Waals surface area (Å²) in [6.07, 6.45) is 6.90. The number of ether oxygens (including phenoxy) is 1. The van der Waals surface area contributed by atoms with Crippen molar-refractivity contribution < 1.29 is 14.6 Å². The van der Waals surface area contributed by atoms with Crippen LogP contribution in [0, 0.1) is 5.41 Å². The third-order valence-electron chi connectivity index (χ3n) is 3.26. The molecule has 18 heavy (non-hydrogen) atoms. The van der Waals surface area contributed by atoms with Crippen molar-refractivity contribution in [2.24, 2.45) is 5.41 Å². The molecule has 1 aliphatic rings. The summed E-state index contributed by atoms with van der Waals surface area (Å²) in [4.78, 5) is 12.3. The van der Waals surface area contributed by atoms with E-state index < -0.39 is 11.4 Å². The molecule has 1 N–H and O–H groups in total. The quantitative estimate of drug-likeness (QED) is 0.842. The van der Waals surface area contributed by atoms with Crippen molar-refractivity contribution in [1.82, 2.24) is 4.90 Å². The van der Waals surface area contributed by atoms with E-state index in [1.54, 1.807) is 21.0 Å². The molecular formula is C14H25NO3. The van der Waals surface area contributed by atoms with Gasteiger partial charge < -0.3 is 14.7 Å². The van der Waals surface area contributed by atoms with E-state index in [0.717, 1.165) is 0 Å². The third-order valence-corrected chi connectivity index (χ3v) is 3.26. The lowest BCUT2D eigenvalue weighted by Gasteiger charge is -2.28. The van der Waals surface area contributed by atoms with Gasteiger partial charge in [0, 0.05) is 19.9 Å². The molecule has 1 rings (SSSR count). The van der Waals surface area contributed by atoms with E-state index >= 15 is 0 Å². The number of carboxylic acids is 1. The zero-order chi connectivity index (χ0) is 14.3. The fraction of sp³-hybridized carbons (Fsp3) is 0.643. The maximum atomic E-state index is 10.3. The van der Waals surface area contributed by atoms with E-state index in [1.165, 1.54) is 5.70 Å². The molecule has 0 spiro atoms. The molecule has 0 amide bonds. The first-order chi connectivity index (χ1) is 8.26. The van der Waals surface area contributed by atoms with Crippen molar-refractivity contribution >= 4 is 5.97 Å². The number of rotatable bonds is 3. The predicted molar refractivity (Wildman–Crippen MR) is 73.2 cm³/mol. The Kier molecular flexibility index (Phi) is 6.70. The van der Waals surface area contributed by atoms with Gasteiger partial charge in [0.15, 0.2) is 0 Å². The van der Waals surface area contributed by atoms with Gasteiger partial charge >= 0.3 is 5.97 Å². The van der Waals surface area contributed by atoms with Crippen molar-refractivity contribution in [2.45, 2.75) is 40.3 Å². The largest absolute Gasteiger partial charge is 0.481 e. The second-order valence-corrected chi connectivity index (χ2v) is 4.97. The molecule has 0 aliphatic carbocycles. The van der Waals surface area contributed by atoms with Crippen molar-refractivity contribution in [3.05, 3.63) is 23.9 Å². The number of carboxylic acid groups (broad SMARTS) is 1. The lowest BCUT2D eigenvalue weighted by atomic mass is 9.91. The Labute approximate surface area is 110 Å². The summed E-state index contributed by atoms with van der Waals surface area (Å²) in [6, 6.07) is 0. The van der Waals surface area contributed by atoms with Crippen LogP contribution in [-0.2, 0) is 9.53 Å². The minimum Gasteiger partial charge on any atom is -0.481 e. The van der Waals surface area contributed by atoms with Gasteiger partial charge in [-0.1, -0.05) is 13.0 Å². The normalized spacial score (nSPS) is 18.9. The minimum absolute atomic E-state index is 0.116. The van der Waals surface area contributed by atoms with Crippen LogP contribution >= 0.6 is 0 Å². The highest BCUT2D eigenvalue weighted by atomic mass is 16.5. The van der Waals surface area contributed by atoms with Crippen LogP contribution < -0.4 is 0 Å². The fourth-order valence-corrected chi connectivity index (χ4v) is 1.13. The fourth-order valence-electron chi connectivity index (χ4n) is 1.13. The highest BCUT2D eigenvalue weighted by Crippen LogP contribution is 2.18.